The van der Waals surface area contributed by atoms with Crippen molar-refractivity contribution < 1.29 is 28.3 Å². The summed E-state index contributed by atoms with van der Waals surface area (Å²) in [6.07, 6.45) is 5.25. The molecule has 3 aromatic rings. The summed E-state index contributed by atoms with van der Waals surface area (Å²) in [5, 5.41) is 3.09. The first-order valence-electron chi connectivity index (χ1n) is 11.7. The summed E-state index contributed by atoms with van der Waals surface area (Å²) in [4.78, 5) is 40.9. The zero-order valence-corrected chi connectivity index (χ0v) is 21.4. The number of ether oxygens (including phenoxy) is 2. The molecule has 12 heteroatoms. The average Bonchev–Trinajstić information content (AvgIpc) is 3.66. The first-order chi connectivity index (χ1) is 17.8. The number of hydrogen-bond donors (Lipinski definition) is 3. The number of nitrogens with two attached hydrogens (primary N) is 2. The fraction of sp³-hybridized carbons (Fsp3) is 0.360. The van der Waals surface area contributed by atoms with E-state index in [-0.39, 0.29) is 34.8 Å². The lowest BCUT2D eigenvalue weighted by molar-refractivity contribution is -0.126. The fourth-order valence-electron chi connectivity index (χ4n) is 4.46. The highest BCUT2D eigenvalue weighted by molar-refractivity contribution is 7.09. The molecule has 1 atom stereocenters. The highest BCUT2D eigenvalue weighted by Crippen LogP contribution is 2.35. The summed E-state index contributed by atoms with van der Waals surface area (Å²) in [6, 6.07) is 7.34. The Bertz CT molecular complexity index is 1270. The second-order valence-corrected chi connectivity index (χ2v) is 9.43. The van der Waals surface area contributed by atoms with E-state index in [0.29, 0.717) is 22.8 Å². The second kappa shape index (κ2) is 11.3. The summed E-state index contributed by atoms with van der Waals surface area (Å²) in [5.74, 6) is -0.482. The molecule has 0 aliphatic heterocycles. The van der Waals surface area contributed by atoms with Crippen LogP contribution in [0.25, 0.3) is 0 Å². The van der Waals surface area contributed by atoms with E-state index in [9.17, 15) is 14.4 Å². The third-order valence-corrected chi connectivity index (χ3v) is 7.16. The number of methoxy groups -OCH3 is 2. The molecule has 2 heterocycles. The van der Waals surface area contributed by atoms with E-state index in [4.69, 9.17) is 25.4 Å². The monoisotopic (exact) mass is 527 g/mol. The zero-order valence-electron chi connectivity index (χ0n) is 20.6. The maximum atomic E-state index is 13.9. The summed E-state index contributed by atoms with van der Waals surface area (Å²) in [5.41, 5.74) is 11.6. The van der Waals surface area contributed by atoms with Crippen molar-refractivity contribution in [3.63, 3.8) is 0 Å². The number of amides is 3. The Morgan fingerprint density at radius 1 is 1.19 bits per heavy atom. The smallest absolute Gasteiger partial charge is 0.270 e. The Balaban J connectivity index is 1.81. The number of anilines is 1. The van der Waals surface area contributed by atoms with E-state index in [1.807, 2.05) is 0 Å². The van der Waals surface area contributed by atoms with Crippen LogP contribution in [-0.2, 0) is 11.3 Å². The minimum Gasteiger partial charge on any atom is -0.493 e. The van der Waals surface area contributed by atoms with Gasteiger partial charge in [-0.25, -0.2) is 0 Å². The van der Waals surface area contributed by atoms with Crippen molar-refractivity contribution in [3.8, 4) is 11.5 Å². The number of aromatic nitrogens is 1. The van der Waals surface area contributed by atoms with Gasteiger partial charge in [0.2, 0.25) is 5.91 Å². The number of rotatable bonds is 10. The van der Waals surface area contributed by atoms with Crippen LogP contribution in [0.15, 0.2) is 41.0 Å². The van der Waals surface area contributed by atoms with Gasteiger partial charge < -0.3 is 35.6 Å². The van der Waals surface area contributed by atoms with Crippen molar-refractivity contribution >= 4 is 34.9 Å². The zero-order chi connectivity index (χ0) is 26.5. The number of nitrogens with zero attached hydrogens (tertiary/aromatic N) is 2. The first-order valence-corrected chi connectivity index (χ1v) is 12.5. The van der Waals surface area contributed by atoms with Crippen LogP contribution in [0.1, 0.15) is 63.2 Å². The van der Waals surface area contributed by atoms with Crippen molar-refractivity contribution in [2.45, 2.75) is 44.3 Å². The van der Waals surface area contributed by atoms with E-state index in [0.717, 1.165) is 37.2 Å². The molecule has 0 unspecified atom stereocenters. The van der Waals surface area contributed by atoms with Crippen LogP contribution in [0.4, 0.5) is 5.69 Å². The van der Waals surface area contributed by atoms with Gasteiger partial charge in [0.25, 0.3) is 11.8 Å². The molecule has 1 aromatic carbocycles. The Kier molecular flexibility index (Phi) is 7.97. The fourth-order valence-corrected chi connectivity index (χ4v) is 5.22. The van der Waals surface area contributed by atoms with E-state index in [1.54, 1.807) is 30.3 Å². The number of carbonyl (C=O) groups excluding carboxylic acids is 3. The van der Waals surface area contributed by atoms with Gasteiger partial charge >= 0.3 is 0 Å². The molecular formula is C25H29N5O6S. The highest BCUT2D eigenvalue weighted by Gasteiger charge is 2.37. The van der Waals surface area contributed by atoms with Crippen LogP contribution < -0.4 is 26.3 Å². The van der Waals surface area contributed by atoms with Gasteiger partial charge in [-0.15, -0.1) is 0 Å². The Morgan fingerprint density at radius 3 is 2.51 bits per heavy atom. The number of furan rings is 1. The molecule has 3 amide bonds. The van der Waals surface area contributed by atoms with Crippen molar-refractivity contribution in [3.05, 3.63) is 58.5 Å². The maximum Gasteiger partial charge on any atom is 0.270 e. The van der Waals surface area contributed by atoms with Gasteiger partial charge in [0, 0.05) is 6.04 Å². The third-order valence-electron chi connectivity index (χ3n) is 6.31. The normalized spacial score (nSPS) is 14.2. The number of carbonyl (C=O) groups is 3. The molecule has 5 N–H and O–H groups in total. The standard InChI is InChI=1S/C25H29N5O6S/c1-34-17-10-9-14(12-18(17)35-2)21(24(32)28-15-6-3-4-7-15)30(13-16-8-5-11-36-16)25(33)22-19(26)20(23(27)31)29-37-22/h5,8-12,15,21H,3-4,6-7,13,26H2,1-2H3,(H2,27,31)(H,28,32)/t21-/m1/s1. The van der Waals surface area contributed by atoms with Gasteiger partial charge in [-0.2, -0.15) is 4.37 Å². The number of hydrogen-bond acceptors (Lipinski definition) is 9. The lowest BCUT2D eigenvalue weighted by Crippen LogP contribution is -2.45. The van der Waals surface area contributed by atoms with Gasteiger partial charge in [0.05, 0.1) is 32.7 Å². The topological polar surface area (TPSA) is 163 Å². The lowest BCUT2D eigenvalue weighted by Gasteiger charge is -2.31. The van der Waals surface area contributed by atoms with Crippen molar-refractivity contribution in [1.29, 1.82) is 0 Å². The molecule has 4 rings (SSSR count). The average molecular weight is 528 g/mol. The minimum absolute atomic E-state index is 0.000464. The first kappa shape index (κ1) is 26.0. The Labute approximate surface area is 217 Å². The number of primary amides is 1. The molecule has 2 aromatic heterocycles. The largest absolute Gasteiger partial charge is 0.493 e. The quantitative estimate of drug-likeness (QED) is 0.362. The summed E-state index contributed by atoms with van der Waals surface area (Å²) in [7, 11) is 3.00. The summed E-state index contributed by atoms with van der Waals surface area (Å²) in [6.45, 7) is -0.0494. The molecule has 0 radical (unpaired) electrons. The molecule has 0 saturated heterocycles. The van der Waals surface area contributed by atoms with Gasteiger partial charge in [-0.05, 0) is 54.2 Å². The van der Waals surface area contributed by atoms with Gasteiger partial charge in [-0.1, -0.05) is 18.9 Å². The molecule has 0 spiro atoms. The van der Waals surface area contributed by atoms with E-state index >= 15 is 0 Å². The van der Waals surface area contributed by atoms with E-state index < -0.39 is 17.9 Å². The lowest BCUT2D eigenvalue weighted by atomic mass is 10.0. The van der Waals surface area contributed by atoms with Gasteiger partial charge in [-0.3, -0.25) is 14.4 Å². The molecule has 37 heavy (non-hydrogen) atoms. The van der Waals surface area contributed by atoms with Crippen LogP contribution >= 0.6 is 11.5 Å². The predicted molar refractivity (Wildman–Crippen MR) is 136 cm³/mol. The van der Waals surface area contributed by atoms with E-state index in [2.05, 4.69) is 9.69 Å². The molecule has 1 aliphatic rings. The minimum atomic E-state index is -1.09. The number of nitrogen functional groups attached to an aromatic ring is 1. The third kappa shape index (κ3) is 5.53. The van der Waals surface area contributed by atoms with Crippen molar-refractivity contribution in [1.82, 2.24) is 14.6 Å². The maximum absolute atomic E-state index is 13.9. The predicted octanol–water partition coefficient (Wildman–Crippen LogP) is 2.88. The highest BCUT2D eigenvalue weighted by atomic mass is 32.1. The van der Waals surface area contributed by atoms with Crippen molar-refractivity contribution in [2.75, 3.05) is 20.0 Å². The van der Waals surface area contributed by atoms with Crippen LogP contribution in [0.3, 0.4) is 0 Å². The summed E-state index contributed by atoms with van der Waals surface area (Å²) < 4.78 is 20.3. The van der Waals surface area contributed by atoms with Crippen LogP contribution in [0.2, 0.25) is 0 Å². The Hall–Kier alpha value is -4.06. The SMILES string of the molecule is COc1ccc([C@H](C(=O)NC2CCCC2)N(Cc2ccco2)C(=O)c2snc(C(N)=O)c2N)cc1OC. The van der Waals surface area contributed by atoms with Gasteiger partial charge in [0.1, 0.15) is 16.7 Å². The number of nitrogens with one attached hydrogen (secondary N) is 1. The van der Waals surface area contributed by atoms with Crippen LogP contribution in [0.5, 0.6) is 11.5 Å². The van der Waals surface area contributed by atoms with Gasteiger partial charge in [0.15, 0.2) is 17.2 Å². The van der Waals surface area contributed by atoms with Crippen LogP contribution in [0, 0.1) is 0 Å². The Morgan fingerprint density at radius 2 is 1.92 bits per heavy atom. The van der Waals surface area contributed by atoms with Crippen LogP contribution in [-0.4, -0.2) is 47.3 Å². The number of benzene rings is 1. The van der Waals surface area contributed by atoms with Crippen molar-refractivity contribution in [2.24, 2.45) is 5.73 Å². The molecule has 1 aliphatic carbocycles. The molecule has 1 saturated carbocycles. The molecular weight excluding hydrogens is 498 g/mol. The molecule has 0 bridgehead atoms. The molecule has 11 nitrogen and oxygen atoms in total. The summed E-state index contributed by atoms with van der Waals surface area (Å²) >= 11 is 0.750. The molecule has 1 fully saturated rings. The van der Waals surface area contributed by atoms with E-state index in [1.165, 1.54) is 25.4 Å². The second-order valence-electron chi connectivity index (χ2n) is 8.66. The molecule has 196 valence electrons.